The molecule has 1 heterocycles. The summed E-state index contributed by atoms with van der Waals surface area (Å²) in [5, 5.41) is 0.580. The van der Waals surface area contributed by atoms with Crippen LogP contribution >= 0.6 is 11.6 Å². The molecule has 0 saturated heterocycles. The first-order valence-corrected chi connectivity index (χ1v) is 9.24. The molecule has 0 atom stereocenters. The topological polar surface area (TPSA) is 41.9 Å². The van der Waals surface area contributed by atoms with E-state index in [2.05, 4.69) is 4.99 Å². The summed E-state index contributed by atoms with van der Waals surface area (Å²) in [6.45, 7) is 0. The van der Waals surface area contributed by atoms with Gasteiger partial charge in [0.25, 0.3) is 5.91 Å². The maximum Gasteiger partial charge on any atom is 0.282 e. The molecule has 3 aromatic rings. The predicted molar refractivity (Wildman–Crippen MR) is 113 cm³/mol. The Morgan fingerprint density at radius 1 is 1.00 bits per heavy atom. The zero-order valence-corrected chi connectivity index (χ0v) is 16.2. The maximum atomic E-state index is 13.4. The summed E-state index contributed by atoms with van der Waals surface area (Å²) >= 11 is 6.00. The standard InChI is InChI=1S/C23H16ClFN2O2/c1-29-21-5-3-2-4-16(21)14-20-23(28)27(19-12-10-18(25)11-13-19)22(26-20)15-6-8-17(24)9-7-15/h2-14H,1H3/b20-14+. The van der Waals surface area contributed by atoms with Gasteiger partial charge in [-0.05, 0) is 60.7 Å². The summed E-state index contributed by atoms with van der Waals surface area (Å²) in [5.41, 5.74) is 2.23. The smallest absolute Gasteiger partial charge is 0.282 e. The Hall–Kier alpha value is -3.44. The van der Waals surface area contributed by atoms with Crippen molar-refractivity contribution in [3.05, 3.63) is 100 Å². The number of amidine groups is 1. The molecule has 29 heavy (non-hydrogen) atoms. The van der Waals surface area contributed by atoms with Crippen LogP contribution in [0.25, 0.3) is 6.08 Å². The Morgan fingerprint density at radius 2 is 1.69 bits per heavy atom. The first-order chi connectivity index (χ1) is 14.1. The third-order valence-electron chi connectivity index (χ3n) is 4.48. The van der Waals surface area contributed by atoms with Crippen LogP contribution in [0.3, 0.4) is 0 Å². The SMILES string of the molecule is COc1ccccc1/C=C1/N=C(c2ccc(Cl)cc2)N(c2ccc(F)cc2)C1=O. The van der Waals surface area contributed by atoms with Crippen molar-refractivity contribution in [2.45, 2.75) is 0 Å². The molecule has 1 aliphatic heterocycles. The number of para-hydroxylation sites is 1. The quantitative estimate of drug-likeness (QED) is 0.550. The zero-order chi connectivity index (χ0) is 20.4. The molecular weight excluding hydrogens is 391 g/mol. The van der Waals surface area contributed by atoms with Crippen molar-refractivity contribution < 1.29 is 13.9 Å². The maximum absolute atomic E-state index is 13.4. The number of nitrogens with zero attached hydrogens (tertiary/aromatic N) is 2. The van der Waals surface area contributed by atoms with Crippen LogP contribution < -0.4 is 9.64 Å². The van der Waals surface area contributed by atoms with Crippen LogP contribution in [0.5, 0.6) is 5.75 Å². The lowest BCUT2D eigenvalue weighted by molar-refractivity contribution is -0.113. The Labute approximate surface area is 172 Å². The number of hydrogen-bond donors (Lipinski definition) is 0. The van der Waals surface area contributed by atoms with Crippen LogP contribution in [0, 0.1) is 5.82 Å². The van der Waals surface area contributed by atoms with Crippen LogP contribution in [0.4, 0.5) is 10.1 Å². The number of carbonyl (C=O) groups excluding carboxylic acids is 1. The van der Waals surface area contributed by atoms with Crippen molar-refractivity contribution in [1.29, 1.82) is 0 Å². The van der Waals surface area contributed by atoms with Crippen molar-refractivity contribution in [2.75, 3.05) is 12.0 Å². The Morgan fingerprint density at radius 3 is 2.38 bits per heavy atom. The summed E-state index contributed by atoms with van der Waals surface area (Å²) < 4.78 is 18.8. The van der Waals surface area contributed by atoms with Gasteiger partial charge in [-0.1, -0.05) is 29.8 Å². The number of amides is 1. The van der Waals surface area contributed by atoms with Gasteiger partial charge in [0.15, 0.2) is 0 Å². The Balaban J connectivity index is 1.83. The van der Waals surface area contributed by atoms with Crippen molar-refractivity contribution >= 4 is 35.1 Å². The van der Waals surface area contributed by atoms with Crippen LogP contribution in [-0.2, 0) is 4.79 Å². The normalized spacial score (nSPS) is 15.0. The van der Waals surface area contributed by atoms with Crippen LogP contribution in [0.15, 0.2) is 83.5 Å². The summed E-state index contributed by atoms with van der Waals surface area (Å²) in [4.78, 5) is 19.3. The summed E-state index contributed by atoms with van der Waals surface area (Å²) in [6, 6.07) is 20.1. The number of anilines is 1. The van der Waals surface area contributed by atoms with Gasteiger partial charge in [0.1, 0.15) is 23.1 Å². The monoisotopic (exact) mass is 406 g/mol. The number of ether oxygens (including phenoxy) is 1. The highest BCUT2D eigenvalue weighted by Gasteiger charge is 2.32. The van der Waals surface area contributed by atoms with Gasteiger partial charge < -0.3 is 4.74 Å². The number of methoxy groups -OCH3 is 1. The van der Waals surface area contributed by atoms with E-state index in [9.17, 15) is 9.18 Å². The van der Waals surface area contributed by atoms with Gasteiger partial charge in [0, 0.05) is 16.1 Å². The predicted octanol–water partition coefficient (Wildman–Crippen LogP) is 5.32. The average Bonchev–Trinajstić information content (AvgIpc) is 3.06. The summed E-state index contributed by atoms with van der Waals surface area (Å²) in [5.74, 6) is 0.387. The fourth-order valence-electron chi connectivity index (χ4n) is 3.07. The second-order valence-electron chi connectivity index (χ2n) is 6.33. The molecule has 6 heteroatoms. The molecule has 1 amide bonds. The fourth-order valence-corrected chi connectivity index (χ4v) is 3.20. The molecule has 144 valence electrons. The molecule has 0 aliphatic carbocycles. The number of aliphatic imine (C=N–C) groups is 1. The van der Waals surface area contributed by atoms with Crippen LogP contribution in [-0.4, -0.2) is 18.9 Å². The lowest BCUT2D eigenvalue weighted by atomic mass is 10.1. The second-order valence-corrected chi connectivity index (χ2v) is 6.77. The number of rotatable bonds is 4. The number of hydrogen-bond acceptors (Lipinski definition) is 3. The van der Waals surface area contributed by atoms with Gasteiger partial charge in [-0.15, -0.1) is 0 Å². The second kappa shape index (κ2) is 7.89. The molecule has 0 unspecified atom stereocenters. The molecular formula is C23H16ClFN2O2. The highest BCUT2D eigenvalue weighted by atomic mass is 35.5. The highest BCUT2D eigenvalue weighted by molar-refractivity contribution is 6.34. The number of carbonyl (C=O) groups is 1. The van der Waals surface area contributed by atoms with Gasteiger partial charge >= 0.3 is 0 Å². The average molecular weight is 407 g/mol. The van der Waals surface area contributed by atoms with Crippen molar-refractivity contribution in [3.63, 3.8) is 0 Å². The molecule has 0 N–H and O–H groups in total. The molecule has 0 saturated carbocycles. The minimum atomic E-state index is -0.379. The van der Waals surface area contributed by atoms with E-state index in [0.717, 1.165) is 11.1 Å². The number of benzene rings is 3. The van der Waals surface area contributed by atoms with E-state index in [1.165, 1.54) is 17.0 Å². The summed E-state index contributed by atoms with van der Waals surface area (Å²) in [6.07, 6.45) is 1.68. The van der Waals surface area contributed by atoms with Crippen LogP contribution in [0.2, 0.25) is 5.02 Å². The van der Waals surface area contributed by atoms with E-state index in [4.69, 9.17) is 16.3 Å². The molecule has 0 spiro atoms. The van der Waals surface area contributed by atoms with Gasteiger partial charge in [-0.3, -0.25) is 9.69 Å². The minimum Gasteiger partial charge on any atom is -0.496 e. The lowest BCUT2D eigenvalue weighted by Crippen LogP contribution is -2.32. The first-order valence-electron chi connectivity index (χ1n) is 8.86. The molecule has 3 aromatic carbocycles. The van der Waals surface area contributed by atoms with E-state index in [0.29, 0.717) is 22.3 Å². The third-order valence-corrected chi connectivity index (χ3v) is 4.73. The molecule has 1 aliphatic rings. The van der Waals surface area contributed by atoms with E-state index in [-0.39, 0.29) is 17.4 Å². The van der Waals surface area contributed by atoms with Crippen molar-refractivity contribution in [3.8, 4) is 5.75 Å². The molecule has 0 radical (unpaired) electrons. The van der Waals surface area contributed by atoms with E-state index >= 15 is 0 Å². The number of halogens is 2. The fraction of sp³-hybridized carbons (Fsp3) is 0.0435. The molecule has 0 aromatic heterocycles. The minimum absolute atomic E-state index is 0.253. The Kier molecular flexibility index (Phi) is 5.14. The van der Waals surface area contributed by atoms with Crippen molar-refractivity contribution in [2.24, 2.45) is 4.99 Å². The molecule has 0 fully saturated rings. The lowest BCUT2D eigenvalue weighted by Gasteiger charge is -2.18. The van der Waals surface area contributed by atoms with E-state index < -0.39 is 0 Å². The molecule has 4 nitrogen and oxygen atoms in total. The van der Waals surface area contributed by atoms with E-state index in [1.807, 2.05) is 24.3 Å². The van der Waals surface area contributed by atoms with Gasteiger partial charge in [0.05, 0.1) is 12.8 Å². The zero-order valence-electron chi connectivity index (χ0n) is 15.5. The van der Waals surface area contributed by atoms with Gasteiger partial charge in [-0.2, -0.15) is 0 Å². The van der Waals surface area contributed by atoms with E-state index in [1.54, 1.807) is 49.6 Å². The van der Waals surface area contributed by atoms with Crippen LogP contribution in [0.1, 0.15) is 11.1 Å². The van der Waals surface area contributed by atoms with Gasteiger partial charge in [0.2, 0.25) is 0 Å². The van der Waals surface area contributed by atoms with Crippen molar-refractivity contribution in [1.82, 2.24) is 0 Å². The first kappa shape index (κ1) is 18.9. The molecule has 4 rings (SSSR count). The summed E-state index contributed by atoms with van der Waals surface area (Å²) in [7, 11) is 1.57. The highest BCUT2D eigenvalue weighted by Crippen LogP contribution is 2.30. The molecule has 0 bridgehead atoms. The Bertz CT molecular complexity index is 1120. The third kappa shape index (κ3) is 3.77. The van der Waals surface area contributed by atoms with Gasteiger partial charge in [-0.25, -0.2) is 9.38 Å². The largest absolute Gasteiger partial charge is 0.496 e.